The molecule has 156 valence electrons. The van der Waals surface area contributed by atoms with Gasteiger partial charge in [-0.25, -0.2) is 4.39 Å². The van der Waals surface area contributed by atoms with Crippen LogP contribution in [0.2, 0.25) is 0 Å². The molecule has 1 saturated heterocycles. The number of halogens is 1. The van der Waals surface area contributed by atoms with E-state index in [-0.39, 0.29) is 11.7 Å². The van der Waals surface area contributed by atoms with Crippen molar-refractivity contribution in [1.82, 2.24) is 4.90 Å². The van der Waals surface area contributed by atoms with E-state index in [1.54, 1.807) is 13.2 Å². The number of carbonyl (C=O) groups excluding carboxylic acids is 1. The molecular weight excluding hydrogens is 357 g/mol. The van der Waals surface area contributed by atoms with Crippen LogP contribution in [-0.2, 0) is 9.53 Å². The molecule has 1 aromatic rings. The van der Waals surface area contributed by atoms with Crippen molar-refractivity contribution in [3.63, 3.8) is 0 Å². The summed E-state index contributed by atoms with van der Waals surface area (Å²) in [5.74, 6) is 0.854. The van der Waals surface area contributed by atoms with Gasteiger partial charge in [0, 0.05) is 33.3 Å². The number of primary amides is 1. The lowest BCUT2D eigenvalue weighted by Crippen LogP contribution is -2.47. The summed E-state index contributed by atoms with van der Waals surface area (Å²) in [5, 5.41) is 0. The van der Waals surface area contributed by atoms with E-state index in [1.165, 1.54) is 38.2 Å². The molecule has 0 bridgehead atoms. The summed E-state index contributed by atoms with van der Waals surface area (Å²) < 4.78 is 19.2. The van der Waals surface area contributed by atoms with E-state index in [1.807, 2.05) is 12.1 Å². The molecule has 1 aliphatic heterocycles. The maximum Gasteiger partial charge on any atom is 0.246 e. The van der Waals surface area contributed by atoms with Gasteiger partial charge >= 0.3 is 0 Å². The Morgan fingerprint density at radius 2 is 1.79 bits per heavy atom. The molecule has 1 unspecified atom stereocenters. The average molecular weight is 392 g/mol. The Bertz CT molecular complexity index is 626. The monoisotopic (exact) mass is 391 g/mol. The predicted molar refractivity (Wildman–Crippen MR) is 110 cm³/mol. The molecule has 3 rings (SSSR count). The minimum absolute atomic E-state index is 0.125. The van der Waals surface area contributed by atoms with Crippen LogP contribution in [0.5, 0.6) is 0 Å². The number of amides is 1. The van der Waals surface area contributed by atoms with Gasteiger partial charge in [-0.15, -0.1) is 0 Å². The fraction of sp³-hybridized carbons (Fsp3) is 0.682. The molecular formula is C22H34FN3O2. The highest BCUT2D eigenvalue weighted by Gasteiger charge is 2.26. The van der Waals surface area contributed by atoms with Gasteiger partial charge in [-0.2, -0.15) is 0 Å². The van der Waals surface area contributed by atoms with Crippen LogP contribution in [0.3, 0.4) is 0 Å². The molecule has 2 N–H and O–H groups in total. The Morgan fingerprint density at radius 3 is 2.39 bits per heavy atom. The molecule has 1 atom stereocenters. The highest BCUT2D eigenvalue weighted by Crippen LogP contribution is 2.33. The molecule has 6 heteroatoms. The summed E-state index contributed by atoms with van der Waals surface area (Å²) in [6.45, 7) is 4.90. The predicted octanol–water partition coefficient (Wildman–Crippen LogP) is 3.03. The molecule has 0 radical (unpaired) electrons. The van der Waals surface area contributed by atoms with Crippen LogP contribution in [0.4, 0.5) is 10.1 Å². The topological polar surface area (TPSA) is 58.8 Å². The molecule has 0 spiro atoms. The third-order valence-corrected chi connectivity index (χ3v) is 6.53. The maximum absolute atomic E-state index is 14.0. The van der Waals surface area contributed by atoms with Gasteiger partial charge < -0.3 is 15.4 Å². The highest BCUT2D eigenvalue weighted by molar-refractivity contribution is 5.78. The van der Waals surface area contributed by atoms with Gasteiger partial charge in [0.25, 0.3) is 0 Å². The molecule has 5 nitrogen and oxygen atoms in total. The number of benzene rings is 1. The summed E-state index contributed by atoms with van der Waals surface area (Å²) in [6.07, 6.45) is 6.35. The first-order valence-electron chi connectivity index (χ1n) is 10.6. The van der Waals surface area contributed by atoms with Crippen LogP contribution in [0.15, 0.2) is 24.3 Å². The van der Waals surface area contributed by atoms with Crippen molar-refractivity contribution >= 4 is 11.6 Å². The van der Waals surface area contributed by atoms with Gasteiger partial charge in [-0.05, 0) is 43.4 Å². The van der Waals surface area contributed by atoms with E-state index >= 15 is 0 Å². The second kappa shape index (κ2) is 10.2. The first kappa shape index (κ1) is 21.1. The van der Waals surface area contributed by atoms with E-state index in [9.17, 15) is 9.18 Å². The van der Waals surface area contributed by atoms with Crippen LogP contribution < -0.4 is 10.6 Å². The van der Waals surface area contributed by atoms with E-state index < -0.39 is 6.10 Å². The minimum atomic E-state index is -0.438. The number of rotatable bonds is 8. The number of ether oxygens (including phenoxy) is 1. The number of nitrogens with zero attached hydrogens (tertiary/aromatic N) is 2. The van der Waals surface area contributed by atoms with E-state index in [2.05, 4.69) is 9.80 Å². The SMILES string of the molecule is COC(CC1CCC(CCN2CCN(c3ccccc3F)CC2)CC1)C(N)=O. The molecule has 28 heavy (non-hydrogen) atoms. The van der Waals surface area contributed by atoms with Crippen molar-refractivity contribution in [2.75, 3.05) is 44.7 Å². The maximum atomic E-state index is 14.0. The smallest absolute Gasteiger partial charge is 0.246 e. The molecule has 1 heterocycles. The van der Waals surface area contributed by atoms with Gasteiger partial charge in [-0.3, -0.25) is 9.69 Å². The molecule has 0 aromatic heterocycles. The standard InChI is InChI=1S/C22H34FN3O2/c1-28-21(22(24)27)16-18-8-6-17(7-9-18)10-11-25-12-14-26(15-13-25)20-5-3-2-4-19(20)23/h2-5,17-18,21H,6-16H2,1H3,(H2,24,27). The second-order valence-corrected chi connectivity index (χ2v) is 8.32. The fourth-order valence-electron chi connectivity index (χ4n) is 4.67. The zero-order chi connectivity index (χ0) is 19.9. The lowest BCUT2D eigenvalue weighted by molar-refractivity contribution is -0.128. The normalized spacial score (nSPS) is 24.9. The summed E-state index contributed by atoms with van der Waals surface area (Å²) in [4.78, 5) is 16.0. The third kappa shape index (κ3) is 5.67. The highest BCUT2D eigenvalue weighted by atomic mass is 19.1. The lowest BCUT2D eigenvalue weighted by atomic mass is 9.78. The second-order valence-electron chi connectivity index (χ2n) is 8.32. The quantitative estimate of drug-likeness (QED) is 0.740. The number of carbonyl (C=O) groups is 1. The first-order chi connectivity index (χ1) is 13.6. The number of hydrogen-bond acceptors (Lipinski definition) is 4. The summed E-state index contributed by atoms with van der Waals surface area (Å²) >= 11 is 0. The number of para-hydroxylation sites is 1. The summed E-state index contributed by atoms with van der Waals surface area (Å²) in [7, 11) is 1.56. The zero-order valence-corrected chi connectivity index (χ0v) is 17.0. The number of methoxy groups -OCH3 is 1. The van der Waals surface area contributed by atoms with Crippen molar-refractivity contribution in [2.24, 2.45) is 17.6 Å². The molecule has 2 aliphatic rings. The largest absolute Gasteiger partial charge is 0.372 e. The molecule has 1 aromatic carbocycles. The van der Waals surface area contributed by atoms with Crippen molar-refractivity contribution in [3.8, 4) is 0 Å². The Kier molecular flexibility index (Phi) is 7.68. The molecule has 2 fully saturated rings. The van der Waals surface area contributed by atoms with Crippen LogP contribution in [0, 0.1) is 17.7 Å². The summed E-state index contributed by atoms with van der Waals surface area (Å²) in [6, 6.07) is 7.05. The minimum Gasteiger partial charge on any atom is -0.372 e. The van der Waals surface area contributed by atoms with Crippen LogP contribution in [-0.4, -0.2) is 56.7 Å². The number of piperazine rings is 1. The van der Waals surface area contributed by atoms with Crippen molar-refractivity contribution < 1.29 is 13.9 Å². The molecule has 1 amide bonds. The van der Waals surface area contributed by atoms with Gasteiger partial charge in [0.2, 0.25) is 5.91 Å². The van der Waals surface area contributed by atoms with Gasteiger partial charge in [0.1, 0.15) is 11.9 Å². The van der Waals surface area contributed by atoms with Gasteiger partial charge in [-0.1, -0.05) is 37.8 Å². The van der Waals surface area contributed by atoms with E-state index in [0.29, 0.717) is 5.92 Å². The lowest BCUT2D eigenvalue weighted by Gasteiger charge is -2.37. The Morgan fingerprint density at radius 1 is 1.14 bits per heavy atom. The van der Waals surface area contributed by atoms with Crippen LogP contribution >= 0.6 is 0 Å². The zero-order valence-electron chi connectivity index (χ0n) is 17.0. The molecule has 1 aliphatic carbocycles. The van der Waals surface area contributed by atoms with Crippen molar-refractivity contribution in [1.29, 1.82) is 0 Å². The van der Waals surface area contributed by atoms with Crippen molar-refractivity contribution in [3.05, 3.63) is 30.1 Å². The van der Waals surface area contributed by atoms with Crippen molar-refractivity contribution in [2.45, 2.75) is 44.6 Å². The first-order valence-corrected chi connectivity index (χ1v) is 10.6. The van der Waals surface area contributed by atoms with Gasteiger partial charge in [0.15, 0.2) is 0 Å². The number of hydrogen-bond donors (Lipinski definition) is 1. The van der Waals surface area contributed by atoms with Gasteiger partial charge in [0.05, 0.1) is 5.69 Å². The fourth-order valence-corrected chi connectivity index (χ4v) is 4.67. The summed E-state index contributed by atoms with van der Waals surface area (Å²) in [5.41, 5.74) is 6.11. The Hall–Kier alpha value is -1.66. The van der Waals surface area contributed by atoms with E-state index in [4.69, 9.17) is 10.5 Å². The van der Waals surface area contributed by atoms with Crippen LogP contribution in [0.25, 0.3) is 0 Å². The third-order valence-electron chi connectivity index (χ3n) is 6.53. The van der Waals surface area contributed by atoms with Crippen LogP contribution in [0.1, 0.15) is 38.5 Å². The number of anilines is 1. The molecule has 1 saturated carbocycles. The average Bonchev–Trinajstić information content (AvgIpc) is 2.72. The number of nitrogens with two attached hydrogens (primary N) is 1. The van der Waals surface area contributed by atoms with E-state index in [0.717, 1.165) is 50.7 Å². The Balaban J connectivity index is 1.34. The Labute approximate surface area is 168 Å².